The minimum absolute atomic E-state index is 0.0135. The van der Waals surface area contributed by atoms with Crippen molar-refractivity contribution in [2.45, 2.75) is 259 Å². The summed E-state index contributed by atoms with van der Waals surface area (Å²) in [5.74, 6) is 0.374. The van der Waals surface area contributed by atoms with Gasteiger partial charge in [-0.05, 0) is 83.2 Å². The van der Waals surface area contributed by atoms with Crippen molar-refractivity contribution in [2.24, 2.45) is 5.92 Å². The topological polar surface area (TPSA) is 76.1 Å². The Morgan fingerprint density at radius 2 is 0.811 bits per heavy atom. The molecule has 0 saturated carbocycles. The van der Waals surface area contributed by atoms with E-state index < -0.39 is 0 Å². The molecule has 6 heteroatoms. The number of carbonyl (C=O) groups is 2. The van der Waals surface area contributed by atoms with Gasteiger partial charge in [0.1, 0.15) is 12.2 Å². The maximum absolute atomic E-state index is 12.7. The lowest BCUT2D eigenvalue weighted by Crippen LogP contribution is -2.29. The van der Waals surface area contributed by atoms with Gasteiger partial charge in [0.15, 0.2) is 0 Å². The summed E-state index contributed by atoms with van der Waals surface area (Å²) in [5, 5.41) is 9.59. The number of hydrogen-bond acceptors (Lipinski definition) is 6. The molecule has 0 aromatic rings. The van der Waals surface area contributed by atoms with Crippen LogP contribution in [0.3, 0.4) is 0 Å². The molecule has 0 radical (unpaired) electrons. The Morgan fingerprint density at radius 1 is 0.453 bits per heavy atom. The normalized spacial score (nSPS) is 12.3. The van der Waals surface area contributed by atoms with E-state index in [-0.39, 0.29) is 30.8 Å². The van der Waals surface area contributed by atoms with Crippen LogP contribution < -0.4 is 0 Å². The molecule has 0 aliphatic rings. The van der Waals surface area contributed by atoms with Crippen LogP contribution in [-0.2, 0) is 19.1 Å². The molecule has 0 aliphatic carbocycles. The number of esters is 2. The van der Waals surface area contributed by atoms with Crippen molar-refractivity contribution in [2.75, 3.05) is 26.2 Å². The molecule has 53 heavy (non-hydrogen) atoms. The highest BCUT2D eigenvalue weighted by Crippen LogP contribution is 2.20. The number of unbranched alkanes of at least 4 members (excludes halogenated alkanes) is 23. The van der Waals surface area contributed by atoms with Gasteiger partial charge in [0.25, 0.3) is 0 Å². The summed E-state index contributed by atoms with van der Waals surface area (Å²) < 4.78 is 11.9. The molecule has 0 aromatic carbocycles. The average molecular weight is 752 g/mol. The molecule has 1 unspecified atom stereocenters. The van der Waals surface area contributed by atoms with Crippen molar-refractivity contribution in [1.82, 2.24) is 4.90 Å². The first-order chi connectivity index (χ1) is 25.9. The van der Waals surface area contributed by atoms with Crippen LogP contribution in [0.4, 0.5) is 0 Å². The van der Waals surface area contributed by atoms with E-state index in [2.05, 4.69) is 39.5 Å². The van der Waals surface area contributed by atoms with Crippen molar-refractivity contribution in [1.29, 1.82) is 0 Å². The standard InChI is InChI=1S/C47H93NO5/c1-6-9-12-15-20-27-34-44(35-28-21-16-13-10-7-2)52-46(50)37-30-23-18-25-32-39-48(41-42-49)40-33-26-19-24-31-38-47(51)53-45(43(4)5)36-29-22-17-14-11-8-3/h43-45,49H,6-42H2,1-5H3. The molecule has 0 aliphatic heterocycles. The van der Waals surface area contributed by atoms with Crippen LogP contribution in [0.5, 0.6) is 0 Å². The van der Waals surface area contributed by atoms with E-state index in [4.69, 9.17) is 9.47 Å². The second-order valence-corrected chi connectivity index (χ2v) is 16.7. The molecule has 1 N–H and O–H groups in total. The third kappa shape index (κ3) is 36.3. The van der Waals surface area contributed by atoms with Gasteiger partial charge in [-0.25, -0.2) is 0 Å². The fourth-order valence-corrected chi connectivity index (χ4v) is 7.44. The van der Waals surface area contributed by atoms with Gasteiger partial charge in [-0.1, -0.05) is 169 Å². The molecule has 0 fully saturated rings. The lowest BCUT2D eigenvalue weighted by atomic mass is 9.99. The number of nitrogens with zero attached hydrogens (tertiary/aromatic N) is 1. The third-order valence-corrected chi connectivity index (χ3v) is 11.1. The fraction of sp³-hybridized carbons (Fsp3) is 0.957. The second kappa shape index (κ2) is 40.5. The van der Waals surface area contributed by atoms with Crippen molar-refractivity contribution >= 4 is 11.9 Å². The van der Waals surface area contributed by atoms with E-state index in [1.807, 2.05) is 0 Å². The molecule has 0 aromatic heterocycles. The largest absolute Gasteiger partial charge is 0.462 e. The molecular weight excluding hydrogens is 659 g/mol. The summed E-state index contributed by atoms with van der Waals surface area (Å²) in [7, 11) is 0. The summed E-state index contributed by atoms with van der Waals surface area (Å²) in [6.45, 7) is 14.1. The first-order valence-corrected chi connectivity index (χ1v) is 23.6. The Hall–Kier alpha value is -1.14. The highest BCUT2D eigenvalue weighted by molar-refractivity contribution is 5.69. The van der Waals surface area contributed by atoms with Gasteiger partial charge in [-0.2, -0.15) is 0 Å². The van der Waals surface area contributed by atoms with E-state index >= 15 is 0 Å². The van der Waals surface area contributed by atoms with E-state index in [0.29, 0.717) is 18.8 Å². The molecule has 1 atom stereocenters. The van der Waals surface area contributed by atoms with Gasteiger partial charge in [0, 0.05) is 19.4 Å². The van der Waals surface area contributed by atoms with Gasteiger partial charge in [-0.15, -0.1) is 0 Å². The second-order valence-electron chi connectivity index (χ2n) is 16.7. The van der Waals surface area contributed by atoms with Crippen molar-refractivity contribution in [3.63, 3.8) is 0 Å². The summed E-state index contributed by atoms with van der Waals surface area (Å²) in [6, 6.07) is 0. The van der Waals surface area contributed by atoms with E-state index in [0.717, 1.165) is 96.7 Å². The van der Waals surface area contributed by atoms with Crippen LogP contribution in [0.25, 0.3) is 0 Å². The lowest BCUT2D eigenvalue weighted by Gasteiger charge is -2.21. The predicted octanol–water partition coefficient (Wildman–Crippen LogP) is 13.7. The quantitative estimate of drug-likeness (QED) is 0.0494. The maximum atomic E-state index is 12.7. The predicted molar refractivity (Wildman–Crippen MR) is 228 cm³/mol. The monoisotopic (exact) mass is 752 g/mol. The Balaban J connectivity index is 4.09. The Bertz CT molecular complexity index is 758. The zero-order valence-corrected chi connectivity index (χ0v) is 36.4. The molecule has 6 nitrogen and oxygen atoms in total. The highest BCUT2D eigenvalue weighted by Gasteiger charge is 2.18. The maximum Gasteiger partial charge on any atom is 0.306 e. The van der Waals surface area contributed by atoms with Gasteiger partial charge >= 0.3 is 11.9 Å². The van der Waals surface area contributed by atoms with Crippen LogP contribution in [-0.4, -0.2) is 60.4 Å². The molecule has 0 amide bonds. The number of aliphatic hydroxyl groups is 1. The highest BCUT2D eigenvalue weighted by atomic mass is 16.5. The molecule has 316 valence electrons. The van der Waals surface area contributed by atoms with Crippen LogP contribution in [0.1, 0.15) is 247 Å². The number of carbonyl (C=O) groups excluding carboxylic acids is 2. The summed E-state index contributed by atoms with van der Waals surface area (Å²) in [4.78, 5) is 27.6. The smallest absolute Gasteiger partial charge is 0.306 e. The molecule has 0 spiro atoms. The number of ether oxygens (including phenoxy) is 2. The average Bonchev–Trinajstić information content (AvgIpc) is 3.14. The first-order valence-electron chi connectivity index (χ1n) is 23.6. The van der Waals surface area contributed by atoms with Crippen molar-refractivity contribution < 1.29 is 24.2 Å². The molecule has 0 heterocycles. The van der Waals surface area contributed by atoms with Crippen LogP contribution in [0.15, 0.2) is 0 Å². The van der Waals surface area contributed by atoms with Crippen LogP contribution in [0, 0.1) is 5.92 Å². The van der Waals surface area contributed by atoms with E-state index in [9.17, 15) is 14.7 Å². The van der Waals surface area contributed by atoms with E-state index in [1.165, 1.54) is 122 Å². The van der Waals surface area contributed by atoms with Gasteiger partial charge in [0.05, 0.1) is 6.61 Å². The number of aliphatic hydroxyl groups excluding tert-OH is 1. The van der Waals surface area contributed by atoms with E-state index in [1.54, 1.807) is 0 Å². The zero-order chi connectivity index (χ0) is 39.0. The number of rotatable bonds is 42. The minimum Gasteiger partial charge on any atom is -0.462 e. The summed E-state index contributed by atoms with van der Waals surface area (Å²) >= 11 is 0. The van der Waals surface area contributed by atoms with Gasteiger partial charge < -0.3 is 19.5 Å². The molecule has 0 rings (SSSR count). The Kier molecular flexibility index (Phi) is 39.6. The fourth-order valence-electron chi connectivity index (χ4n) is 7.44. The van der Waals surface area contributed by atoms with Gasteiger partial charge in [-0.3, -0.25) is 9.59 Å². The van der Waals surface area contributed by atoms with Crippen LogP contribution in [0.2, 0.25) is 0 Å². The zero-order valence-electron chi connectivity index (χ0n) is 36.4. The molecular formula is C47H93NO5. The van der Waals surface area contributed by atoms with Crippen molar-refractivity contribution in [3.05, 3.63) is 0 Å². The first kappa shape index (κ1) is 51.9. The Morgan fingerprint density at radius 3 is 1.23 bits per heavy atom. The Labute approximate surface area is 331 Å². The third-order valence-electron chi connectivity index (χ3n) is 11.1. The van der Waals surface area contributed by atoms with Gasteiger partial charge in [0.2, 0.25) is 0 Å². The van der Waals surface area contributed by atoms with Crippen LogP contribution >= 0.6 is 0 Å². The molecule has 0 bridgehead atoms. The lowest BCUT2D eigenvalue weighted by molar-refractivity contribution is -0.152. The molecule has 0 saturated heterocycles. The summed E-state index contributed by atoms with van der Waals surface area (Å²) in [6.07, 6.45) is 38.3. The van der Waals surface area contributed by atoms with Crippen molar-refractivity contribution in [3.8, 4) is 0 Å². The SMILES string of the molecule is CCCCCCCCC(CCCCCCCC)OC(=O)CCCCCCCN(CCO)CCCCCCCC(=O)OC(CCCCCCCC)C(C)C. The number of hydrogen-bond donors (Lipinski definition) is 1. The summed E-state index contributed by atoms with van der Waals surface area (Å²) in [5.41, 5.74) is 0. The minimum atomic E-state index is -0.0185.